The van der Waals surface area contributed by atoms with Crippen molar-refractivity contribution in [3.05, 3.63) is 59.7 Å². The summed E-state index contributed by atoms with van der Waals surface area (Å²) in [5.41, 5.74) is 1.15. The van der Waals surface area contributed by atoms with Crippen LogP contribution in [-0.2, 0) is 21.4 Å². The Labute approximate surface area is 177 Å². The van der Waals surface area contributed by atoms with Gasteiger partial charge in [-0.1, -0.05) is 18.2 Å². The van der Waals surface area contributed by atoms with Crippen LogP contribution >= 0.6 is 0 Å². The van der Waals surface area contributed by atoms with Crippen LogP contribution in [0, 0.1) is 5.92 Å². The van der Waals surface area contributed by atoms with Crippen molar-refractivity contribution in [1.82, 2.24) is 10.0 Å². The highest BCUT2D eigenvalue weighted by Gasteiger charge is 2.29. The van der Waals surface area contributed by atoms with E-state index in [4.69, 9.17) is 0 Å². The molecule has 30 heavy (non-hydrogen) atoms. The highest BCUT2D eigenvalue weighted by molar-refractivity contribution is 7.89. The van der Waals surface area contributed by atoms with E-state index in [1.807, 2.05) is 24.3 Å². The maximum Gasteiger partial charge on any atom is 0.251 e. The smallest absolute Gasteiger partial charge is 0.251 e. The molecule has 1 fully saturated rings. The lowest BCUT2D eigenvalue weighted by Gasteiger charge is -2.20. The molecule has 2 aromatic carbocycles. The molecule has 0 bridgehead atoms. The normalized spacial score (nSPS) is 14.2. The van der Waals surface area contributed by atoms with E-state index < -0.39 is 15.6 Å². The van der Waals surface area contributed by atoms with Crippen molar-refractivity contribution in [3.63, 3.8) is 0 Å². The molecule has 0 radical (unpaired) electrons. The fourth-order valence-electron chi connectivity index (χ4n) is 2.90. The van der Waals surface area contributed by atoms with Crippen LogP contribution in [0.5, 0.6) is 0 Å². The highest BCUT2D eigenvalue weighted by atomic mass is 32.2. The lowest BCUT2D eigenvalue weighted by Crippen LogP contribution is -2.40. The maximum atomic E-state index is 12.5. The number of hydrogen-bond acceptors (Lipinski definition) is 4. The van der Waals surface area contributed by atoms with Crippen LogP contribution < -0.4 is 15.4 Å². The molecule has 2 amide bonds. The van der Waals surface area contributed by atoms with Gasteiger partial charge in [-0.3, -0.25) is 9.59 Å². The first-order valence-corrected chi connectivity index (χ1v) is 11.3. The van der Waals surface area contributed by atoms with Gasteiger partial charge in [0, 0.05) is 29.3 Å². The number of rotatable bonds is 7. The fraction of sp³-hybridized carbons (Fsp3) is 0.364. The van der Waals surface area contributed by atoms with Crippen molar-refractivity contribution in [1.29, 1.82) is 0 Å². The number of nitrogens with one attached hydrogen (secondary N) is 3. The number of hydrogen-bond donors (Lipinski definition) is 3. The van der Waals surface area contributed by atoms with Gasteiger partial charge in [-0.15, -0.1) is 0 Å². The van der Waals surface area contributed by atoms with Crippen molar-refractivity contribution < 1.29 is 18.0 Å². The van der Waals surface area contributed by atoms with Crippen molar-refractivity contribution in [2.45, 2.75) is 50.6 Å². The third-order valence-electron chi connectivity index (χ3n) is 4.44. The molecule has 3 N–H and O–H groups in total. The molecule has 7 nitrogen and oxygen atoms in total. The quantitative estimate of drug-likeness (QED) is 0.629. The summed E-state index contributed by atoms with van der Waals surface area (Å²) in [6.07, 6.45) is 1.86. The summed E-state index contributed by atoms with van der Waals surface area (Å²) in [6.45, 7) is 5.51. The van der Waals surface area contributed by atoms with Gasteiger partial charge in [-0.2, -0.15) is 0 Å². The van der Waals surface area contributed by atoms with Gasteiger partial charge in [0.1, 0.15) is 0 Å². The van der Waals surface area contributed by atoms with E-state index >= 15 is 0 Å². The van der Waals surface area contributed by atoms with Crippen LogP contribution in [0.15, 0.2) is 53.4 Å². The van der Waals surface area contributed by atoms with E-state index in [-0.39, 0.29) is 34.7 Å². The molecule has 1 aliphatic carbocycles. The average molecular weight is 430 g/mol. The van der Waals surface area contributed by atoms with Crippen molar-refractivity contribution >= 4 is 27.5 Å². The minimum absolute atomic E-state index is 0.0260. The van der Waals surface area contributed by atoms with Crippen LogP contribution in [0.1, 0.15) is 49.5 Å². The summed E-state index contributed by atoms with van der Waals surface area (Å²) >= 11 is 0. The summed E-state index contributed by atoms with van der Waals surface area (Å²) in [6, 6.07) is 13.2. The maximum absolute atomic E-state index is 12.5. The van der Waals surface area contributed by atoms with E-state index in [1.54, 1.807) is 32.9 Å². The molecule has 0 saturated heterocycles. The fourth-order valence-corrected chi connectivity index (χ4v) is 4.36. The second-order valence-electron chi connectivity index (χ2n) is 8.53. The molecule has 1 saturated carbocycles. The molecule has 0 aromatic heterocycles. The Balaban J connectivity index is 1.65. The van der Waals surface area contributed by atoms with E-state index in [0.717, 1.165) is 18.4 Å². The Kier molecular flexibility index (Phi) is 6.28. The van der Waals surface area contributed by atoms with Gasteiger partial charge >= 0.3 is 0 Å². The van der Waals surface area contributed by atoms with Gasteiger partial charge in [0.05, 0.1) is 4.90 Å². The number of sulfonamides is 1. The first kappa shape index (κ1) is 22.0. The van der Waals surface area contributed by atoms with Crippen molar-refractivity contribution in [2.24, 2.45) is 5.92 Å². The first-order chi connectivity index (χ1) is 14.0. The lowest BCUT2D eigenvalue weighted by molar-refractivity contribution is -0.117. The molecule has 0 aliphatic heterocycles. The average Bonchev–Trinajstić information content (AvgIpc) is 3.50. The van der Waals surface area contributed by atoms with Crippen LogP contribution in [0.4, 0.5) is 5.69 Å². The third-order valence-corrected chi connectivity index (χ3v) is 6.20. The first-order valence-electron chi connectivity index (χ1n) is 9.85. The number of anilines is 1. The van der Waals surface area contributed by atoms with Crippen LogP contribution in [0.2, 0.25) is 0 Å². The topological polar surface area (TPSA) is 104 Å². The van der Waals surface area contributed by atoms with E-state index in [9.17, 15) is 18.0 Å². The summed E-state index contributed by atoms with van der Waals surface area (Å²) in [5, 5.41) is 5.67. The number of amides is 2. The predicted octanol–water partition coefficient (Wildman–Crippen LogP) is 3.04. The van der Waals surface area contributed by atoms with Gasteiger partial charge < -0.3 is 10.6 Å². The molecular weight excluding hydrogens is 402 g/mol. The zero-order valence-corrected chi connectivity index (χ0v) is 18.2. The van der Waals surface area contributed by atoms with Crippen molar-refractivity contribution in [2.75, 3.05) is 5.32 Å². The Morgan fingerprint density at radius 1 is 1.03 bits per heavy atom. The van der Waals surface area contributed by atoms with E-state index in [0.29, 0.717) is 5.69 Å². The number of carbonyl (C=O) groups excluding carboxylic acids is 2. The zero-order valence-electron chi connectivity index (χ0n) is 17.4. The predicted molar refractivity (Wildman–Crippen MR) is 115 cm³/mol. The van der Waals surface area contributed by atoms with Crippen molar-refractivity contribution in [3.8, 4) is 0 Å². The highest BCUT2D eigenvalue weighted by Crippen LogP contribution is 2.30. The Bertz CT molecular complexity index is 1050. The van der Waals surface area contributed by atoms with Gasteiger partial charge in [-0.25, -0.2) is 13.1 Å². The molecule has 0 atom stereocenters. The Morgan fingerprint density at radius 3 is 2.40 bits per heavy atom. The number of carbonyl (C=O) groups is 2. The summed E-state index contributed by atoms with van der Waals surface area (Å²) in [5.74, 6) is -0.238. The monoisotopic (exact) mass is 429 g/mol. The molecule has 0 unspecified atom stereocenters. The molecule has 0 spiro atoms. The number of benzene rings is 2. The largest absolute Gasteiger partial charge is 0.348 e. The summed E-state index contributed by atoms with van der Waals surface area (Å²) in [4.78, 5) is 24.5. The lowest BCUT2D eigenvalue weighted by atomic mass is 10.1. The second kappa shape index (κ2) is 8.57. The molecule has 160 valence electrons. The van der Waals surface area contributed by atoms with E-state index in [2.05, 4.69) is 15.4 Å². The molecular formula is C22H27N3O4S. The van der Waals surface area contributed by atoms with Gasteiger partial charge in [0.2, 0.25) is 15.9 Å². The summed E-state index contributed by atoms with van der Waals surface area (Å²) < 4.78 is 27.6. The van der Waals surface area contributed by atoms with Gasteiger partial charge in [0.25, 0.3) is 5.91 Å². The molecule has 3 rings (SSSR count). The molecule has 2 aromatic rings. The Hall–Kier alpha value is -2.71. The second-order valence-corrected chi connectivity index (χ2v) is 10.2. The van der Waals surface area contributed by atoms with Gasteiger partial charge in [0.15, 0.2) is 0 Å². The standard InChI is InChI=1S/C22H27N3O4S/c1-22(2,3)25-30(28,29)19-9-5-7-17(13-19)20(26)23-14-15-6-4-8-18(12-15)24-21(27)16-10-11-16/h4-9,12-13,16,25H,10-11,14H2,1-3H3,(H,23,26)(H,24,27). The van der Waals surface area contributed by atoms with E-state index in [1.165, 1.54) is 12.1 Å². The summed E-state index contributed by atoms with van der Waals surface area (Å²) in [7, 11) is -3.73. The SMILES string of the molecule is CC(C)(C)NS(=O)(=O)c1cccc(C(=O)NCc2cccc(NC(=O)C3CC3)c2)c1. The van der Waals surface area contributed by atoms with Crippen LogP contribution in [0.3, 0.4) is 0 Å². The van der Waals surface area contributed by atoms with Crippen LogP contribution in [-0.4, -0.2) is 25.8 Å². The molecule has 8 heteroatoms. The zero-order chi connectivity index (χ0) is 21.9. The third kappa shape index (κ3) is 6.14. The van der Waals surface area contributed by atoms with Gasteiger partial charge in [-0.05, 0) is 69.5 Å². The molecule has 0 heterocycles. The Morgan fingerprint density at radius 2 is 1.73 bits per heavy atom. The van der Waals surface area contributed by atoms with Crippen LogP contribution in [0.25, 0.3) is 0 Å². The minimum atomic E-state index is -3.73. The minimum Gasteiger partial charge on any atom is -0.348 e. The molecule has 1 aliphatic rings.